The maximum absolute atomic E-state index is 6.17. The van der Waals surface area contributed by atoms with Crippen molar-refractivity contribution in [1.29, 1.82) is 0 Å². The summed E-state index contributed by atoms with van der Waals surface area (Å²) in [7, 11) is 1.61. The standard InChI is InChI=1S/C18H17ClN4O/c1-24-15-10-14(11-20-12-15)18-22-9-7-17(23-18)21-8-6-13-4-2-3-5-16(13)19/h2-5,7,9-12H,6,8H2,1H3,(H,21,22,23). The lowest BCUT2D eigenvalue weighted by atomic mass is 10.1. The molecule has 0 spiro atoms. The van der Waals surface area contributed by atoms with Crippen LogP contribution in [0.1, 0.15) is 5.56 Å². The van der Waals surface area contributed by atoms with Crippen LogP contribution in [0.5, 0.6) is 5.75 Å². The Kier molecular flexibility index (Phi) is 5.23. The van der Waals surface area contributed by atoms with Crippen molar-refractivity contribution in [3.05, 3.63) is 65.6 Å². The maximum atomic E-state index is 6.17. The fourth-order valence-electron chi connectivity index (χ4n) is 2.28. The zero-order chi connectivity index (χ0) is 16.8. The summed E-state index contributed by atoms with van der Waals surface area (Å²) in [5.41, 5.74) is 1.92. The molecule has 0 radical (unpaired) electrons. The van der Waals surface area contributed by atoms with Crippen LogP contribution in [-0.4, -0.2) is 28.6 Å². The van der Waals surface area contributed by atoms with Crippen LogP contribution in [0.4, 0.5) is 5.82 Å². The summed E-state index contributed by atoms with van der Waals surface area (Å²) in [5, 5.41) is 4.08. The lowest BCUT2D eigenvalue weighted by Crippen LogP contribution is -2.07. The van der Waals surface area contributed by atoms with E-state index in [2.05, 4.69) is 20.3 Å². The highest BCUT2D eigenvalue weighted by Crippen LogP contribution is 2.20. The molecule has 2 heterocycles. The van der Waals surface area contributed by atoms with Gasteiger partial charge in [0.15, 0.2) is 5.82 Å². The van der Waals surface area contributed by atoms with Crippen molar-refractivity contribution < 1.29 is 4.74 Å². The Hall–Kier alpha value is -2.66. The van der Waals surface area contributed by atoms with Crippen LogP contribution in [-0.2, 0) is 6.42 Å². The molecule has 5 nitrogen and oxygen atoms in total. The van der Waals surface area contributed by atoms with Crippen molar-refractivity contribution in [3.8, 4) is 17.1 Å². The lowest BCUT2D eigenvalue weighted by Gasteiger charge is -2.08. The van der Waals surface area contributed by atoms with Gasteiger partial charge in [0.1, 0.15) is 11.6 Å². The molecule has 0 saturated carbocycles. The third-order valence-corrected chi connectivity index (χ3v) is 3.89. The Morgan fingerprint density at radius 3 is 2.88 bits per heavy atom. The van der Waals surface area contributed by atoms with Crippen molar-refractivity contribution in [2.75, 3.05) is 19.0 Å². The van der Waals surface area contributed by atoms with Crippen molar-refractivity contribution in [1.82, 2.24) is 15.0 Å². The highest BCUT2D eigenvalue weighted by Gasteiger charge is 2.05. The summed E-state index contributed by atoms with van der Waals surface area (Å²) in [6.07, 6.45) is 5.90. The number of hydrogen-bond acceptors (Lipinski definition) is 5. The van der Waals surface area contributed by atoms with E-state index >= 15 is 0 Å². The van der Waals surface area contributed by atoms with Gasteiger partial charge >= 0.3 is 0 Å². The Bertz CT molecular complexity index is 825. The van der Waals surface area contributed by atoms with E-state index in [0.717, 1.165) is 34.9 Å². The monoisotopic (exact) mass is 340 g/mol. The molecule has 3 aromatic rings. The van der Waals surface area contributed by atoms with E-state index in [0.29, 0.717) is 11.6 Å². The SMILES string of the molecule is COc1cncc(-c2nccc(NCCc3ccccc3Cl)n2)c1. The minimum atomic E-state index is 0.601. The predicted molar refractivity (Wildman–Crippen MR) is 95.5 cm³/mol. The molecule has 122 valence electrons. The molecule has 0 amide bonds. The van der Waals surface area contributed by atoms with Crippen molar-refractivity contribution in [2.24, 2.45) is 0 Å². The summed E-state index contributed by atoms with van der Waals surface area (Å²) in [5.74, 6) is 2.03. The normalized spacial score (nSPS) is 10.4. The largest absolute Gasteiger partial charge is 0.495 e. The molecule has 2 aromatic heterocycles. The van der Waals surface area contributed by atoms with Gasteiger partial charge in [-0.15, -0.1) is 0 Å². The smallest absolute Gasteiger partial charge is 0.163 e. The van der Waals surface area contributed by atoms with Gasteiger partial charge in [-0.1, -0.05) is 29.8 Å². The van der Waals surface area contributed by atoms with Gasteiger partial charge in [-0.2, -0.15) is 0 Å². The number of methoxy groups -OCH3 is 1. The van der Waals surface area contributed by atoms with E-state index in [4.69, 9.17) is 16.3 Å². The minimum absolute atomic E-state index is 0.601. The molecule has 0 aliphatic rings. The zero-order valence-corrected chi connectivity index (χ0v) is 14.0. The van der Waals surface area contributed by atoms with Gasteiger partial charge in [0.25, 0.3) is 0 Å². The minimum Gasteiger partial charge on any atom is -0.495 e. The van der Waals surface area contributed by atoms with Crippen LogP contribution < -0.4 is 10.1 Å². The summed E-state index contributed by atoms with van der Waals surface area (Å²) in [6, 6.07) is 11.5. The first-order valence-electron chi connectivity index (χ1n) is 7.56. The number of ether oxygens (including phenoxy) is 1. The Morgan fingerprint density at radius 2 is 2.04 bits per heavy atom. The van der Waals surface area contributed by atoms with Crippen molar-refractivity contribution in [3.63, 3.8) is 0 Å². The first-order valence-corrected chi connectivity index (χ1v) is 7.94. The predicted octanol–water partition coefficient (Wildman–Crippen LogP) is 3.86. The van der Waals surface area contributed by atoms with Gasteiger partial charge in [-0.25, -0.2) is 9.97 Å². The molecule has 24 heavy (non-hydrogen) atoms. The second-order valence-corrected chi connectivity index (χ2v) is 5.55. The number of benzene rings is 1. The van der Waals surface area contributed by atoms with Crippen LogP contribution in [0, 0.1) is 0 Å². The molecule has 1 N–H and O–H groups in total. The molecule has 0 aliphatic carbocycles. The number of rotatable bonds is 6. The highest BCUT2D eigenvalue weighted by molar-refractivity contribution is 6.31. The highest BCUT2D eigenvalue weighted by atomic mass is 35.5. The molecule has 3 rings (SSSR count). The van der Waals surface area contributed by atoms with Crippen LogP contribution in [0.15, 0.2) is 55.0 Å². The number of pyridine rings is 1. The van der Waals surface area contributed by atoms with Crippen LogP contribution in [0.3, 0.4) is 0 Å². The van der Waals surface area contributed by atoms with Gasteiger partial charge < -0.3 is 10.1 Å². The Balaban J connectivity index is 1.68. The van der Waals surface area contributed by atoms with Crippen molar-refractivity contribution >= 4 is 17.4 Å². The Morgan fingerprint density at radius 1 is 1.17 bits per heavy atom. The summed E-state index contributed by atoms with van der Waals surface area (Å²) < 4.78 is 5.19. The average Bonchev–Trinajstić information content (AvgIpc) is 2.64. The zero-order valence-electron chi connectivity index (χ0n) is 13.2. The number of nitrogens with zero attached hydrogens (tertiary/aromatic N) is 3. The van der Waals surface area contributed by atoms with Gasteiger partial charge in [0, 0.05) is 29.5 Å². The van der Waals surface area contributed by atoms with E-state index in [1.807, 2.05) is 36.4 Å². The quantitative estimate of drug-likeness (QED) is 0.738. The third kappa shape index (κ3) is 4.00. The number of anilines is 1. The number of aromatic nitrogens is 3. The fraction of sp³-hybridized carbons (Fsp3) is 0.167. The van der Waals surface area contributed by atoms with Crippen LogP contribution >= 0.6 is 11.6 Å². The number of hydrogen-bond donors (Lipinski definition) is 1. The van der Waals surface area contributed by atoms with Gasteiger partial charge in [-0.05, 0) is 30.2 Å². The molecule has 0 atom stereocenters. The summed E-state index contributed by atoms with van der Waals surface area (Å²) in [4.78, 5) is 13.0. The fourth-order valence-corrected chi connectivity index (χ4v) is 2.51. The molecule has 0 bridgehead atoms. The molecular weight excluding hydrogens is 324 g/mol. The molecule has 1 aromatic carbocycles. The van der Waals surface area contributed by atoms with E-state index in [1.54, 1.807) is 25.7 Å². The molecular formula is C18H17ClN4O. The molecule has 6 heteroatoms. The summed E-state index contributed by atoms with van der Waals surface area (Å²) in [6.45, 7) is 0.733. The van der Waals surface area contributed by atoms with Crippen LogP contribution in [0.2, 0.25) is 5.02 Å². The molecule has 0 unspecified atom stereocenters. The second-order valence-electron chi connectivity index (χ2n) is 5.15. The Labute approximate surface area is 145 Å². The molecule has 0 saturated heterocycles. The third-order valence-electron chi connectivity index (χ3n) is 3.52. The van der Waals surface area contributed by atoms with E-state index in [-0.39, 0.29) is 0 Å². The van der Waals surface area contributed by atoms with Crippen LogP contribution in [0.25, 0.3) is 11.4 Å². The number of halogens is 1. The first kappa shape index (κ1) is 16.2. The second kappa shape index (κ2) is 7.75. The van der Waals surface area contributed by atoms with Gasteiger partial charge in [-0.3, -0.25) is 4.98 Å². The van der Waals surface area contributed by atoms with E-state index in [9.17, 15) is 0 Å². The average molecular weight is 341 g/mol. The summed E-state index contributed by atoms with van der Waals surface area (Å²) >= 11 is 6.17. The number of nitrogens with one attached hydrogen (secondary N) is 1. The molecule has 0 aliphatic heterocycles. The first-order chi connectivity index (χ1) is 11.8. The topological polar surface area (TPSA) is 59.9 Å². The van der Waals surface area contributed by atoms with E-state index in [1.165, 1.54) is 0 Å². The van der Waals surface area contributed by atoms with Gasteiger partial charge in [0.2, 0.25) is 0 Å². The lowest BCUT2D eigenvalue weighted by molar-refractivity contribution is 0.413. The maximum Gasteiger partial charge on any atom is 0.163 e. The molecule has 0 fully saturated rings. The van der Waals surface area contributed by atoms with Gasteiger partial charge in [0.05, 0.1) is 13.3 Å². The van der Waals surface area contributed by atoms with E-state index < -0.39 is 0 Å². The van der Waals surface area contributed by atoms with Crippen molar-refractivity contribution in [2.45, 2.75) is 6.42 Å².